The average Bonchev–Trinajstić information content (AvgIpc) is 1.86. The molecule has 0 fully saturated rings. The maximum absolute atomic E-state index is 11.6. The van der Waals surface area contributed by atoms with E-state index in [0.29, 0.717) is 0 Å². The van der Waals surface area contributed by atoms with E-state index in [1.54, 1.807) is 0 Å². The molecule has 0 aromatic rings. The lowest BCUT2D eigenvalue weighted by molar-refractivity contribution is -0.165. The minimum absolute atomic E-state index is 2.05. The number of hydrogen-bond donors (Lipinski definition) is 0. The first-order valence-corrected chi connectivity index (χ1v) is 2.10. The molecule has 0 amide bonds. The molecule has 0 rings (SSSR count). The van der Waals surface area contributed by atoms with Crippen LogP contribution in [0.5, 0.6) is 0 Å². The van der Waals surface area contributed by atoms with Gasteiger partial charge in [0, 0.05) is 0 Å². The Labute approximate surface area is 52.8 Å². The van der Waals surface area contributed by atoms with Crippen LogP contribution >= 0.6 is 0 Å². The van der Waals surface area contributed by atoms with E-state index >= 15 is 0 Å². The number of hydrogen-bond acceptors (Lipinski definition) is 2. The van der Waals surface area contributed by atoms with Gasteiger partial charge in [-0.15, -0.1) is 0 Å². The van der Waals surface area contributed by atoms with Crippen LogP contribution in [0, 0.1) is 0 Å². The normalized spacial score (nSPS) is 11.2. The molecule has 2 nitrogen and oxygen atoms in total. The van der Waals surface area contributed by atoms with Crippen LogP contribution in [0.2, 0.25) is 0 Å². The van der Waals surface area contributed by atoms with Gasteiger partial charge in [-0.2, -0.15) is 13.2 Å². The summed E-state index contributed by atoms with van der Waals surface area (Å²) >= 11 is 0. The lowest BCUT2D eigenvalue weighted by atomic mass is 10.2. The number of rotatable bonds is 3. The number of alkyl halides is 3. The van der Waals surface area contributed by atoms with Gasteiger partial charge in [0.05, 0.1) is 0 Å². The summed E-state index contributed by atoms with van der Waals surface area (Å²) < 4.78 is 45.5. The van der Waals surface area contributed by atoms with Gasteiger partial charge >= 0.3 is 12.0 Å². The van der Waals surface area contributed by atoms with E-state index in [9.17, 15) is 27.2 Å². The first-order chi connectivity index (χ1) is 4.42. The van der Waals surface area contributed by atoms with Crippen molar-refractivity contribution >= 4 is 11.8 Å². The minimum Gasteiger partial charge on any atom is -0.289 e. The molecule has 0 aliphatic rings. The fourth-order valence-corrected chi connectivity index (χ4v) is 0.194. The van der Waals surface area contributed by atoms with Crippen molar-refractivity contribution in [3.63, 3.8) is 0 Å². The Hall–Kier alpha value is -0.940. The lowest BCUT2D eigenvalue weighted by Crippen LogP contribution is -2.36. The summed E-state index contributed by atoms with van der Waals surface area (Å²) in [6.45, 7) is -2.05. The molecule has 0 bridgehead atoms. The number of halogens is 4. The average molecular weight is 158 g/mol. The summed E-state index contributed by atoms with van der Waals surface area (Å²) in [6, 6.07) is -3.13. The highest BCUT2D eigenvalue weighted by Gasteiger charge is 2.47. The van der Waals surface area contributed by atoms with Crippen LogP contribution in [0.15, 0.2) is 0 Å². The fraction of sp³-hybridized carbons (Fsp3) is 0.500. The first-order valence-electron chi connectivity index (χ1n) is 2.10. The lowest BCUT2D eigenvalue weighted by Gasteiger charge is -2.03. The fourth-order valence-electron chi connectivity index (χ4n) is 0.194. The molecule has 0 atom stereocenters. The Morgan fingerprint density at radius 3 is 1.80 bits per heavy atom. The molecule has 0 N–H and O–H groups in total. The first kappa shape index (κ1) is 9.06. The number of ketones is 1. The van der Waals surface area contributed by atoms with Crippen molar-refractivity contribution in [3.05, 3.63) is 0 Å². The Morgan fingerprint density at radius 2 is 1.70 bits per heavy atom. The molecule has 10 heavy (non-hydrogen) atoms. The van der Waals surface area contributed by atoms with E-state index in [4.69, 9.17) is 0 Å². The van der Waals surface area contributed by atoms with E-state index in [2.05, 4.69) is 0 Å². The zero-order valence-electron chi connectivity index (χ0n) is 4.54. The molecule has 0 radical (unpaired) electrons. The Bertz CT molecular complexity index is 165. The zero-order valence-corrected chi connectivity index (χ0v) is 4.54. The highest BCUT2D eigenvalue weighted by Crippen LogP contribution is 2.16. The molecule has 0 aromatic heterocycles. The second-order valence-corrected chi connectivity index (χ2v) is 1.40. The molecular weight excluding hydrogens is 156 g/mol. The second-order valence-electron chi connectivity index (χ2n) is 1.40. The van der Waals surface area contributed by atoms with Crippen LogP contribution in [0.4, 0.5) is 17.6 Å². The Balaban J connectivity index is 4.40. The van der Waals surface area contributed by atoms with E-state index < -0.39 is 24.4 Å². The largest absolute Gasteiger partial charge is 0.395 e. The van der Waals surface area contributed by atoms with Gasteiger partial charge in [-0.25, -0.2) is 4.39 Å². The molecule has 0 heterocycles. The Morgan fingerprint density at radius 1 is 1.30 bits per heavy atom. The van der Waals surface area contributed by atoms with Crippen molar-refractivity contribution in [2.45, 2.75) is 5.92 Å². The molecule has 0 saturated carbocycles. The van der Waals surface area contributed by atoms with Crippen molar-refractivity contribution in [2.75, 3.05) is 6.67 Å². The van der Waals surface area contributed by atoms with Gasteiger partial charge in [-0.1, -0.05) is 0 Å². The highest BCUT2D eigenvalue weighted by atomic mass is 19.3. The van der Waals surface area contributed by atoms with Crippen molar-refractivity contribution in [1.82, 2.24) is 0 Å². The van der Waals surface area contributed by atoms with Crippen LogP contribution in [0.3, 0.4) is 0 Å². The standard InChI is InChI=1S/C4H2F4O2/c5-1-2(9)4(7,8)3(6)10/h1H2. The van der Waals surface area contributed by atoms with Gasteiger partial charge in [0.1, 0.15) is 0 Å². The molecule has 0 saturated heterocycles. The van der Waals surface area contributed by atoms with E-state index in [0.717, 1.165) is 0 Å². The summed E-state index contributed by atoms with van der Waals surface area (Å²) in [6.07, 6.45) is 0. The van der Waals surface area contributed by atoms with Crippen molar-refractivity contribution in [3.8, 4) is 0 Å². The zero-order chi connectivity index (χ0) is 8.36. The second kappa shape index (κ2) is 2.76. The van der Waals surface area contributed by atoms with Crippen LogP contribution < -0.4 is 0 Å². The van der Waals surface area contributed by atoms with Gasteiger partial charge in [0.2, 0.25) is 5.78 Å². The summed E-state index contributed by atoms with van der Waals surface area (Å²) in [7, 11) is 0. The van der Waals surface area contributed by atoms with Gasteiger partial charge in [0.15, 0.2) is 6.67 Å². The summed E-state index contributed by atoms with van der Waals surface area (Å²) in [5.41, 5.74) is 0. The highest BCUT2D eigenvalue weighted by molar-refractivity contribution is 6.05. The predicted octanol–water partition coefficient (Wildman–Crippen LogP) is 0.656. The van der Waals surface area contributed by atoms with Crippen LogP contribution in [-0.4, -0.2) is 24.4 Å². The maximum Gasteiger partial charge on any atom is 0.395 e. The SMILES string of the molecule is O=C(F)C(F)(F)C(=O)CF. The van der Waals surface area contributed by atoms with Crippen LogP contribution in [0.25, 0.3) is 0 Å². The van der Waals surface area contributed by atoms with Crippen molar-refractivity contribution < 1.29 is 27.2 Å². The monoisotopic (exact) mass is 158 g/mol. The molecule has 0 aromatic carbocycles. The summed E-state index contributed by atoms with van der Waals surface area (Å²) in [5, 5.41) is 0. The third-order valence-corrected chi connectivity index (χ3v) is 0.718. The third-order valence-electron chi connectivity index (χ3n) is 0.718. The molecule has 58 valence electrons. The van der Waals surface area contributed by atoms with Gasteiger partial charge in [-0.05, 0) is 0 Å². The molecule has 0 aliphatic carbocycles. The van der Waals surface area contributed by atoms with E-state index in [1.165, 1.54) is 0 Å². The van der Waals surface area contributed by atoms with E-state index in [1.807, 2.05) is 0 Å². The molecule has 6 heteroatoms. The summed E-state index contributed by atoms with van der Waals surface area (Å²) in [5.74, 6) is -7.17. The van der Waals surface area contributed by atoms with Crippen LogP contribution in [-0.2, 0) is 9.59 Å². The topological polar surface area (TPSA) is 34.1 Å². The number of Topliss-reactive ketones (excluding diaryl/α,β-unsaturated/α-hetero) is 1. The van der Waals surface area contributed by atoms with Gasteiger partial charge in [-0.3, -0.25) is 9.59 Å². The number of carbonyl (C=O) groups excluding carboxylic acids is 2. The molecule has 0 unspecified atom stereocenters. The smallest absolute Gasteiger partial charge is 0.289 e. The third kappa shape index (κ3) is 1.52. The van der Waals surface area contributed by atoms with Crippen molar-refractivity contribution in [2.24, 2.45) is 0 Å². The summed E-state index contributed by atoms with van der Waals surface area (Å²) in [4.78, 5) is 19.0. The molecular formula is C4H2F4O2. The maximum atomic E-state index is 11.6. The van der Waals surface area contributed by atoms with E-state index in [-0.39, 0.29) is 0 Å². The molecule has 0 spiro atoms. The quantitative estimate of drug-likeness (QED) is 0.343. The van der Waals surface area contributed by atoms with Crippen molar-refractivity contribution in [1.29, 1.82) is 0 Å². The minimum atomic E-state index is -4.81. The van der Waals surface area contributed by atoms with Gasteiger partial charge < -0.3 is 0 Å². The number of carbonyl (C=O) groups is 2. The van der Waals surface area contributed by atoms with Crippen LogP contribution in [0.1, 0.15) is 0 Å². The Kier molecular flexibility index (Phi) is 2.50. The molecule has 0 aliphatic heterocycles. The van der Waals surface area contributed by atoms with Gasteiger partial charge in [0.25, 0.3) is 0 Å². The predicted molar refractivity (Wildman–Crippen MR) is 22.0 cm³/mol.